The van der Waals surface area contributed by atoms with Crippen LogP contribution in [-0.4, -0.2) is 18.3 Å². The van der Waals surface area contributed by atoms with Gasteiger partial charge in [0.1, 0.15) is 11.5 Å². The van der Waals surface area contributed by atoms with Gasteiger partial charge in [-0.25, -0.2) is 0 Å². The van der Waals surface area contributed by atoms with Gasteiger partial charge in [-0.05, 0) is 19.1 Å². The molecule has 4 nitrogen and oxygen atoms in total. The zero-order valence-corrected chi connectivity index (χ0v) is 12.3. The molecular formula is C17H17NO3. The van der Waals surface area contributed by atoms with Crippen molar-refractivity contribution in [1.82, 2.24) is 4.57 Å². The number of pyridine rings is 1. The van der Waals surface area contributed by atoms with Crippen LogP contribution in [-0.2, 0) is 7.05 Å². The maximum Gasteiger partial charge on any atom is 0.200 e. The molecule has 1 aromatic heterocycles. The molecule has 0 spiro atoms. The van der Waals surface area contributed by atoms with Crippen LogP contribution >= 0.6 is 0 Å². The van der Waals surface area contributed by atoms with Crippen LogP contribution in [0.1, 0.15) is 6.92 Å². The Kier molecular flexibility index (Phi) is 3.29. The Bertz CT molecular complexity index is 880. The molecule has 2 aromatic carbocycles. The molecule has 0 aliphatic rings. The number of hydrogen-bond acceptors (Lipinski definition) is 3. The molecule has 0 unspecified atom stereocenters. The Balaban J connectivity index is 2.55. The summed E-state index contributed by atoms with van der Waals surface area (Å²) in [5.74, 6) is 1.24. The summed E-state index contributed by atoms with van der Waals surface area (Å²) in [5.41, 5.74) is 1.69. The van der Waals surface area contributed by atoms with Crippen LogP contribution in [0.5, 0.6) is 11.5 Å². The number of aromatic nitrogens is 1. The average Bonchev–Trinajstić information content (AvgIpc) is 2.52. The third kappa shape index (κ3) is 2.03. The summed E-state index contributed by atoms with van der Waals surface area (Å²) in [6.45, 7) is 2.40. The van der Waals surface area contributed by atoms with E-state index in [0.29, 0.717) is 28.9 Å². The molecule has 3 aromatic rings. The van der Waals surface area contributed by atoms with Crippen molar-refractivity contribution in [2.24, 2.45) is 7.05 Å². The Morgan fingerprint density at radius 2 is 1.90 bits per heavy atom. The number of ether oxygens (including phenoxy) is 2. The zero-order valence-electron chi connectivity index (χ0n) is 12.3. The Morgan fingerprint density at radius 1 is 1.14 bits per heavy atom. The van der Waals surface area contributed by atoms with Crippen LogP contribution in [0.25, 0.3) is 21.8 Å². The fourth-order valence-electron chi connectivity index (χ4n) is 2.68. The van der Waals surface area contributed by atoms with Crippen molar-refractivity contribution in [2.45, 2.75) is 6.92 Å². The molecule has 0 radical (unpaired) electrons. The lowest BCUT2D eigenvalue weighted by atomic mass is 10.1. The van der Waals surface area contributed by atoms with Gasteiger partial charge in [0.15, 0.2) is 0 Å². The minimum absolute atomic E-state index is 0.00944. The predicted molar refractivity (Wildman–Crippen MR) is 84.4 cm³/mol. The van der Waals surface area contributed by atoms with Gasteiger partial charge in [0.05, 0.1) is 30.1 Å². The fourth-order valence-corrected chi connectivity index (χ4v) is 2.68. The lowest BCUT2D eigenvalue weighted by Gasteiger charge is -2.14. The summed E-state index contributed by atoms with van der Waals surface area (Å²) in [4.78, 5) is 12.8. The van der Waals surface area contributed by atoms with E-state index in [4.69, 9.17) is 9.47 Å². The van der Waals surface area contributed by atoms with Crippen molar-refractivity contribution in [3.05, 3.63) is 46.6 Å². The first-order valence-corrected chi connectivity index (χ1v) is 6.89. The van der Waals surface area contributed by atoms with Crippen LogP contribution in [0.3, 0.4) is 0 Å². The molecule has 0 atom stereocenters. The van der Waals surface area contributed by atoms with E-state index in [-0.39, 0.29) is 5.43 Å². The van der Waals surface area contributed by atoms with Gasteiger partial charge in [-0.3, -0.25) is 4.79 Å². The second-order valence-electron chi connectivity index (χ2n) is 4.86. The molecule has 1 heterocycles. The van der Waals surface area contributed by atoms with Crippen LogP contribution in [0.2, 0.25) is 0 Å². The summed E-state index contributed by atoms with van der Waals surface area (Å²) < 4.78 is 13.0. The SMILES string of the molecule is CCOc1cc(OC)cc2c1c(=O)c1ccccc1n2C. The minimum atomic E-state index is -0.00944. The summed E-state index contributed by atoms with van der Waals surface area (Å²) in [6.07, 6.45) is 0. The van der Waals surface area contributed by atoms with E-state index in [1.807, 2.05) is 48.9 Å². The highest BCUT2D eigenvalue weighted by Gasteiger charge is 2.14. The van der Waals surface area contributed by atoms with E-state index in [2.05, 4.69) is 0 Å². The van der Waals surface area contributed by atoms with Crippen LogP contribution in [0.4, 0.5) is 0 Å². The van der Waals surface area contributed by atoms with Gasteiger partial charge in [0.2, 0.25) is 5.43 Å². The molecule has 0 fully saturated rings. The number of methoxy groups -OCH3 is 1. The molecule has 0 bridgehead atoms. The van der Waals surface area contributed by atoms with Gasteiger partial charge in [-0.2, -0.15) is 0 Å². The van der Waals surface area contributed by atoms with Crippen LogP contribution in [0, 0.1) is 0 Å². The molecule has 4 heteroatoms. The van der Waals surface area contributed by atoms with Gasteiger partial charge in [-0.15, -0.1) is 0 Å². The predicted octanol–water partition coefficient (Wildman–Crippen LogP) is 3.10. The van der Waals surface area contributed by atoms with E-state index >= 15 is 0 Å². The molecule has 3 rings (SSSR count). The van der Waals surface area contributed by atoms with Crippen molar-refractivity contribution in [1.29, 1.82) is 0 Å². The van der Waals surface area contributed by atoms with Crippen LogP contribution in [0.15, 0.2) is 41.2 Å². The van der Waals surface area contributed by atoms with Crippen molar-refractivity contribution in [3.8, 4) is 11.5 Å². The molecule has 0 N–H and O–H groups in total. The van der Waals surface area contributed by atoms with Gasteiger partial charge in [0.25, 0.3) is 0 Å². The number of aryl methyl sites for hydroxylation is 1. The summed E-state index contributed by atoms with van der Waals surface area (Å²) >= 11 is 0. The van der Waals surface area contributed by atoms with Crippen molar-refractivity contribution >= 4 is 21.8 Å². The smallest absolute Gasteiger partial charge is 0.200 e. The molecule has 108 valence electrons. The molecule has 0 amide bonds. The molecule has 0 aliphatic carbocycles. The third-order valence-corrected chi connectivity index (χ3v) is 3.69. The van der Waals surface area contributed by atoms with Gasteiger partial charge in [-0.1, -0.05) is 12.1 Å². The Morgan fingerprint density at radius 3 is 2.62 bits per heavy atom. The number of rotatable bonds is 3. The topological polar surface area (TPSA) is 40.5 Å². The molecule has 0 saturated carbocycles. The second kappa shape index (κ2) is 5.13. The highest BCUT2D eigenvalue weighted by molar-refractivity contribution is 5.97. The number of hydrogen-bond donors (Lipinski definition) is 0. The van der Waals surface area contributed by atoms with E-state index in [1.54, 1.807) is 13.2 Å². The number of para-hydroxylation sites is 1. The fraction of sp³-hybridized carbons (Fsp3) is 0.235. The van der Waals surface area contributed by atoms with Gasteiger partial charge >= 0.3 is 0 Å². The molecule has 0 aliphatic heterocycles. The van der Waals surface area contributed by atoms with Crippen LogP contribution < -0.4 is 14.9 Å². The molecule has 0 saturated heterocycles. The Labute approximate surface area is 122 Å². The largest absolute Gasteiger partial charge is 0.497 e. The monoisotopic (exact) mass is 283 g/mol. The molecule has 21 heavy (non-hydrogen) atoms. The summed E-state index contributed by atoms with van der Waals surface area (Å²) in [6, 6.07) is 11.2. The maximum atomic E-state index is 12.8. The zero-order chi connectivity index (χ0) is 15.0. The number of benzene rings is 2. The first kappa shape index (κ1) is 13.5. The first-order chi connectivity index (χ1) is 10.2. The lowest BCUT2D eigenvalue weighted by Crippen LogP contribution is -2.11. The lowest BCUT2D eigenvalue weighted by molar-refractivity contribution is 0.340. The highest BCUT2D eigenvalue weighted by atomic mass is 16.5. The number of nitrogens with zero attached hydrogens (tertiary/aromatic N) is 1. The molecular weight excluding hydrogens is 266 g/mol. The quantitative estimate of drug-likeness (QED) is 0.693. The number of fused-ring (bicyclic) bond motifs is 2. The standard InChI is InChI=1S/C17H17NO3/c1-4-21-15-10-11(20-3)9-14-16(15)17(19)12-7-5-6-8-13(12)18(14)2/h5-10H,4H2,1-3H3. The van der Waals surface area contributed by atoms with Crippen molar-refractivity contribution in [2.75, 3.05) is 13.7 Å². The van der Waals surface area contributed by atoms with Gasteiger partial charge in [0, 0.05) is 24.6 Å². The van der Waals surface area contributed by atoms with Crippen molar-refractivity contribution in [3.63, 3.8) is 0 Å². The van der Waals surface area contributed by atoms with E-state index < -0.39 is 0 Å². The maximum absolute atomic E-state index is 12.8. The first-order valence-electron chi connectivity index (χ1n) is 6.89. The van der Waals surface area contributed by atoms with E-state index in [1.165, 1.54) is 0 Å². The normalized spacial score (nSPS) is 11.0. The second-order valence-corrected chi connectivity index (χ2v) is 4.86. The third-order valence-electron chi connectivity index (χ3n) is 3.69. The summed E-state index contributed by atoms with van der Waals surface area (Å²) in [7, 11) is 3.55. The van der Waals surface area contributed by atoms with Crippen molar-refractivity contribution < 1.29 is 9.47 Å². The average molecular weight is 283 g/mol. The van der Waals surface area contributed by atoms with Gasteiger partial charge < -0.3 is 14.0 Å². The minimum Gasteiger partial charge on any atom is -0.497 e. The summed E-state index contributed by atoms with van der Waals surface area (Å²) in [5, 5.41) is 1.29. The van der Waals surface area contributed by atoms with E-state index in [9.17, 15) is 4.79 Å². The van der Waals surface area contributed by atoms with E-state index in [0.717, 1.165) is 11.0 Å². The highest BCUT2D eigenvalue weighted by Crippen LogP contribution is 2.30. The Hall–Kier alpha value is -2.49.